The van der Waals surface area contributed by atoms with Crippen molar-refractivity contribution in [1.82, 2.24) is 0 Å². The predicted octanol–water partition coefficient (Wildman–Crippen LogP) is 7.53. The van der Waals surface area contributed by atoms with E-state index < -0.39 is 11.8 Å². The third-order valence-corrected chi connectivity index (χ3v) is 7.57. The molecule has 0 radical (unpaired) electrons. The van der Waals surface area contributed by atoms with Gasteiger partial charge in [0, 0.05) is 20.7 Å². The van der Waals surface area contributed by atoms with E-state index in [1.54, 1.807) is 18.9 Å². The first-order valence-electron chi connectivity index (χ1n) is 11.7. The zero-order valence-electron chi connectivity index (χ0n) is 19.5. The van der Waals surface area contributed by atoms with Gasteiger partial charge in [0.1, 0.15) is 17.2 Å². The first-order chi connectivity index (χ1) is 17.6. The lowest BCUT2D eigenvalue weighted by Crippen LogP contribution is -2.35. The molecule has 4 aromatic carbocycles. The van der Waals surface area contributed by atoms with Gasteiger partial charge in [-0.3, -0.25) is 9.59 Å². The van der Waals surface area contributed by atoms with E-state index in [2.05, 4.69) is 0 Å². The monoisotopic (exact) mass is 490 g/mol. The zero-order valence-corrected chi connectivity index (χ0v) is 20.3. The number of hydrogen-bond donors (Lipinski definition) is 0. The molecule has 6 rings (SSSR count). The van der Waals surface area contributed by atoms with Gasteiger partial charge in [-0.15, -0.1) is 0 Å². The van der Waals surface area contributed by atoms with Crippen LogP contribution in [0.5, 0.6) is 17.2 Å². The second-order valence-corrected chi connectivity index (χ2v) is 9.90. The van der Waals surface area contributed by atoms with E-state index in [-0.39, 0.29) is 11.6 Å². The molecule has 2 aliphatic carbocycles. The van der Waals surface area contributed by atoms with Crippen molar-refractivity contribution in [2.45, 2.75) is 9.79 Å². The average Bonchev–Trinajstić information content (AvgIpc) is 2.92. The Kier molecular flexibility index (Phi) is 5.70. The van der Waals surface area contributed by atoms with Crippen molar-refractivity contribution in [2.75, 3.05) is 7.11 Å². The molecule has 2 aliphatic rings. The summed E-state index contributed by atoms with van der Waals surface area (Å²) in [6.07, 6.45) is 7.31. The molecule has 5 heteroatoms. The van der Waals surface area contributed by atoms with Crippen molar-refractivity contribution in [2.24, 2.45) is 11.8 Å². The first-order valence-corrected chi connectivity index (χ1v) is 12.5. The van der Waals surface area contributed by atoms with Crippen LogP contribution < -0.4 is 9.47 Å². The highest BCUT2D eigenvalue weighted by molar-refractivity contribution is 7.99. The summed E-state index contributed by atoms with van der Waals surface area (Å²) in [5.74, 6) is 0.743. The van der Waals surface area contributed by atoms with Crippen molar-refractivity contribution < 1.29 is 19.1 Å². The van der Waals surface area contributed by atoms with Gasteiger partial charge in [-0.25, -0.2) is 0 Å². The quantitative estimate of drug-likeness (QED) is 0.289. The van der Waals surface area contributed by atoms with Crippen molar-refractivity contribution in [3.05, 3.63) is 114 Å². The minimum Gasteiger partial charge on any atom is -0.497 e. The molecule has 0 fully saturated rings. The van der Waals surface area contributed by atoms with Gasteiger partial charge in [-0.05, 0) is 66.0 Å². The first kappa shape index (κ1) is 22.4. The Morgan fingerprint density at radius 1 is 0.722 bits per heavy atom. The van der Waals surface area contributed by atoms with Crippen LogP contribution in [0.3, 0.4) is 0 Å². The fraction of sp³-hybridized carbons (Fsp3) is 0.0968. The van der Waals surface area contributed by atoms with Crippen LogP contribution >= 0.6 is 11.8 Å². The Labute approximate surface area is 213 Å². The number of benzene rings is 4. The molecule has 0 heterocycles. The maximum atomic E-state index is 13.7. The molecule has 0 saturated heterocycles. The summed E-state index contributed by atoms with van der Waals surface area (Å²) in [5, 5.41) is 1.65. The standard InChI is InChI=1S/C31H22O4S/c1-34-20-11-13-22(14-12-20)36-23-15-16-24-19(17-23)18-27-28(31(24)35-21-7-3-2-4-8-21)30(33)26-10-6-5-9-25(26)29(27)32/h2-18,25-26H,1H3. The second-order valence-electron chi connectivity index (χ2n) is 8.75. The van der Waals surface area contributed by atoms with Crippen molar-refractivity contribution in [1.29, 1.82) is 0 Å². The molecule has 0 saturated carbocycles. The van der Waals surface area contributed by atoms with E-state index in [0.717, 1.165) is 26.3 Å². The molecular weight excluding hydrogens is 468 g/mol. The van der Waals surface area contributed by atoms with E-state index in [1.165, 1.54) is 0 Å². The predicted molar refractivity (Wildman–Crippen MR) is 142 cm³/mol. The molecule has 0 bridgehead atoms. The van der Waals surface area contributed by atoms with Crippen molar-refractivity contribution >= 4 is 34.1 Å². The molecule has 2 unspecified atom stereocenters. The summed E-state index contributed by atoms with van der Waals surface area (Å²) in [6.45, 7) is 0. The summed E-state index contributed by atoms with van der Waals surface area (Å²) in [7, 11) is 1.65. The number of carbonyl (C=O) groups is 2. The summed E-state index contributed by atoms with van der Waals surface area (Å²) in [5.41, 5.74) is 0.791. The van der Waals surface area contributed by atoms with Gasteiger partial charge in [-0.2, -0.15) is 0 Å². The molecular formula is C31H22O4S. The Morgan fingerprint density at radius 3 is 2.14 bits per heavy atom. The SMILES string of the molecule is COc1ccc(Sc2ccc3c(Oc4ccccc4)c4c(cc3c2)C(=O)C2C=CC=CC2C4=O)cc1. The Morgan fingerprint density at radius 2 is 1.42 bits per heavy atom. The highest BCUT2D eigenvalue weighted by Crippen LogP contribution is 2.44. The molecule has 0 aliphatic heterocycles. The van der Waals surface area contributed by atoms with E-state index in [9.17, 15) is 9.59 Å². The van der Waals surface area contributed by atoms with E-state index in [4.69, 9.17) is 9.47 Å². The zero-order chi connectivity index (χ0) is 24.6. The van der Waals surface area contributed by atoms with Gasteiger partial charge < -0.3 is 9.47 Å². The van der Waals surface area contributed by atoms with Gasteiger partial charge in [0.05, 0.1) is 24.5 Å². The summed E-state index contributed by atoms with van der Waals surface area (Å²) >= 11 is 1.62. The number of fused-ring (bicyclic) bond motifs is 3. The molecule has 2 atom stereocenters. The van der Waals surface area contributed by atoms with E-state index >= 15 is 0 Å². The fourth-order valence-corrected chi connectivity index (χ4v) is 5.67. The number of Topliss-reactive ketones (excluding diaryl/α,β-unsaturated/α-hetero) is 2. The smallest absolute Gasteiger partial charge is 0.175 e. The average molecular weight is 491 g/mol. The summed E-state index contributed by atoms with van der Waals surface area (Å²) in [6, 6.07) is 25.1. The van der Waals surface area contributed by atoms with Gasteiger partial charge in [0.15, 0.2) is 11.6 Å². The fourth-order valence-electron chi connectivity index (χ4n) is 4.80. The number of carbonyl (C=O) groups excluding carboxylic acids is 2. The minimum atomic E-state index is -0.504. The van der Waals surface area contributed by atoms with E-state index in [0.29, 0.717) is 22.6 Å². The Hall–Kier alpha value is -4.09. The Balaban J connectivity index is 1.50. The number of allylic oxidation sites excluding steroid dienone is 4. The maximum Gasteiger partial charge on any atom is 0.175 e. The lowest BCUT2D eigenvalue weighted by molar-refractivity contribution is 0.0799. The Bertz CT molecular complexity index is 1550. The number of rotatable bonds is 5. The third kappa shape index (κ3) is 3.91. The van der Waals surface area contributed by atoms with Crippen LogP contribution in [0.4, 0.5) is 0 Å². The van der Waals surface area contributed by atoms with Crippen molar-refractivity contribution in [3.8, 4) is 17.2 Å². The molecule has 0 N–H and O–H groups in total. The highest BCUT2D eigenvalue weighted by atomic mass is 32.2. The topological polar surface area (TPSA) is 52.6 Å². The number of methoxy groups -OCH3 is 1. The van der Waals surface area contributed by atoms with E-state index in [1.807, 2.05) is 103 Å². The van der Waals surface area contributed by atoms with Crippen LogP contribution in [-0.2, 0) is 0 Å². The van der Waals surface area contributed by atoms with Crippen LogP contribution in [0, 0.1) is 11.8 Å². The summed E-state index contributed by atoms with van der Waals surface area (Å²) < 4.78 is 11.6. The van der Waals surface area contributed by atoms with Gasteiger partial charge >= 0.3 is 0 Å². The largest absolute Gasteiger partial charge is 0.497 e. The van der Waals surface area contributed by atoms with Crippen molar-refractivity contribution in [3.63, 3.8) is 0 Å². The van der Waals surface area contributed by atoms with Gasteiger partial charge in [0.2, 0.25) is 0 Å². The number of ketones is 2. The molecule has 0 aromatic heterocycles. The van der Waals surface area contributed by atoms with Crippen LogP contribution in [0.15, 0.2) is 113 Å². The van der Waals surface area contributed by atoms with Gasteiger partial charge in [0.25, 0.3) is 0 Å². The molecule has 4 aromatic rings. The second kappa shape index (κ2) is 9.17. The van der Waals surface area contributed by atoms with Crippen LogP contribution in [0.1, 0.15) is 20.7 Å². The lowest BCUT2D eigenvalue weighted by atomic mass is 9.71. The number of ether oxygens (including phenoxy) is 2. The third-order valence-electron chi connectivity index (χ3n) is 6.57. The minimum absolute atomic E-state index is 0.0526. The number of para-hydroxylation sites is 1. The number of hydrogen-bond acceptors (Lipinski definition) is 5. The molecule has 0 amide bonds. The normalized spacial score (nSPS) is 18.1. The van der Waals surface area contributed by atoms with Gasteiger partial charge in [-0.1, -0.05) is 54.3 Å². The molecule has 176 valence electrons. The van der Waals surface area contributed by atoms with Crippen LogP contribution in [-0.4, -0.2) is 18.7 Å². The molecule has 0 spiro atoms. The lowest BCUT2D eigenvalue weighted by Gasteiger charge is -2.30. The van der Waals surface area contributed by atoms with Crippen LogP contribution in [0.2, 0.25) is 0 Å². The van der Waals surface area contributed by atoms with Crippen LogP contribution in [0.25, 0.3) is 10.8 Å². The molecule has 36 heavy (non-hydrogen) atoms. The summed E-state index contributed by atoms with van der Waals surface area (Å²) in [4.78, 5) is 29.3. The molecule has 4 nitrogen and oxygen atoms in total. The highest BCUT2D eigenvalue weighted by Gasteiger charge is 2.42. The maximum absolute atomic E-state index is 13.7.